The highest BCUT2D eigenvalue weighted by Gasteiger charge is 2.26. The van der Waals surface area contributed by atoms with E-state index < -0.39 is 10.0 Å². The van der Waals surface area contributed by atoms with E-state index in [1.807, 2.05) is 4.90 Å². The maximum Gasteiger partial charge on any atom is 0.253 e. The van der Waals surface area contributed by atoms with Crippen molar-refractivity contribution in [1.82, 2.24) is 9.62 Å². The first kappa shape index (κ1) is 17.9. The van der Waals surface area contributed by atoms with Crippen LogP contribution in [0.25, 0.3) is 0 Å². The predicted molar refractivity (Wildman–Crippen MR) is 90.7 cm³/mol. The topological polar surface area (TPSA) is 66.5 Å². The largest absolute Gasteiger partial charge is 0.338 e. The van der Waals surface area contributed by atoms with Crippen LogP contribution in [0.2, 0.25) is 0 Å². The molecule has 1 fully saturated rings. The van der Waals surface area contributed by atoms with Crippen LogP contribution in [0.15, 0.2) is 29.2 Å². The van der Waals surface area contributed by atoms with Gasteiger partial charge >= 0.3 is 0 Å². The maximum absolute atomic E-state index is 12.6. The lowest BCUT2D eigenvalue weighted by molar-refractivity contribution is 0.0623. The number of carbonyl (C=O) groups is 1. The molecule has 1 aliphatic heterocycles. The molecule has 5 nitrogen and oxygen atoms in total. The Morgan fingerprint density at radius 2 is 1.65 bits per heavy atom. The van der Waals surface area contributed by atoms with Gasteiger partial charge in [0.05, 0.1) is 4.90 Å². The SMILES string of the molecule is CC1CC(C)CN(C(=O)c2ccc(S(=O)(=O)NC(C)C)cc2)C1. The van der Waals surface area contributed by atoms with Gasteiger partial charge in [0.1, 0.15) is 0 Å². The number of rotatable bonds is 4. The van der Waals surface area contributed by atoms with Crippen molar-refractivity contribution in [2.45, 2.75) is 45.1 Å². The first-order valence-electron chi connectivity index (χ1n) is 8.10. The molecule has 1 aromatic carbocycles. The highest BCUT2D eigenvalue weighted by Crippen LogP contribution is 2.23. The van der Waals surface area contributed by atoms with Gasteiger partial charge < -0.3 is 4.90 Å². The Bertz CT molecular complexity index is 643. The smallest absolute Gasteiger partial charge is 0.253 e. The molecule has 2 atom stereocenters. The fourth-order valence-corrected chi connectivity index (χ4v) is 4.42. The van der Waals surface area contributed by atoms with Crippen LogP contribution in [-0.2, 0) is 10.0 Å². The van der Waals surface area contributed by atoms with Crippen LogP contribution in [-0.4, -0.2) is 38.4 Å². The second-order valence-electron chi connectivity index (χ2n) is 6.96. The number of benzene rings is 1. The molecule has 1 aromatic rings. The number of nitrogens with one attached hydrogen (secondary N) is 1. The summed E-state index contributed by atoms with van der Waals surface area (Å²) in [5.41, 5.74) is 0.537. The van der Waals surface area contributed by atoms with Crippen LogP contribution in [0.1, 0.15) is 44.5 Å². The Hall–Kier alpha value is -1.40. The highest BCUT2D eigenvalue weighted by atomic mass is 32.2. The quantitative estimate of drug-likeness (QED) is 0.917. The molecular weight excluding hydrogens is 312 g/mol. The van der Waals surface area contributed by atoms with Gasteiger partial charge in [0.2, 0.25) is 10.0 Å². The minimum atomic E-state index is -3.52. The summed E-state index contributed by atoms with van der Waals surface area (Å²) in [7, 11) is -3.52. The second-order valence-corrected chi connectivity index (χ2v) is 8.67. The number of likely N-dealkylation sites (tertiary alicyclic amines) is 1. The Morgan fingerprint density at radius 3 is 2.13 bits per heavy atom. The Labute approximate surface area is 139 Å². The van der Waals surface area contributed by atoms with Crippen molar-refractivity contribution in [1.29, 1.82) is 0 Å². The van der Waals surface area contributed by atoms with Crippen LogP contribution >= 0.6 is 0 Å². The number of hydrogen-bond acceptors (Lipinski definition) is 3. The molecule has 2 unspecified atom stereocenters. The third-order valence-electron chi connectivity index (χ3n) is 3.96. The van der Waals surface area contributed by atoms with Crippen LogP contribution in [0.5, 0.6) is 0 Å². The molecule has 0 aromatic heterocycles. The van der Waals surface area contributed by atoms with Crippen LogP contribution < -0.4 is 4.72 Å². The van der Waals surface area contributed by atoms with Gasteiger partial charge in [-0.05, 0) is 56.4 Å². The number of piperidine rings is 1. The van der Waals surface area contributed by atoms with Gasteiger partial charge in [-0.25, -0.2) is 13.1 Å². The summed E-state index contributed by atoms with van der Waals surface area (Å²) < 4.78 is 26.7. The van der Waals surface area contributed by atoms with E-state index in [-0.39, 0.29) is 16.8 Å². The molecule has 1 heterocycles. The highest BCUT2D eigenvalue weighted by molar-refractivity contribution is 7.89. The Morgan fingerprint density at radius 1 is 1.13 bits per heavy atom. The minimum absolute atomic E-state index is 0.0239. The summed E-state index contributed by atoms with van der Waals surface area (Å²) in [4.78, 5) is 14.6. The van der Waals surface area contributed by atoms with Crippen molar-refractivity contribution >= 4 is 15.9 Å². The third-order valence-corrected chi connectivity index (χ3v) is 5.63. The van der Waals surface area contributed by atoms with Crippen molar-refractivity contribution in [3.63, 3.8) is 0 Å². The van der Waals surface area contributed by atoms with Crippen LogP contribution in [0, 0.1) is 11.8 Å². The maximum atomic E-state index is 12.6. The fourth-order valence-electron chi connectivity index (χ4n) is 3.17. The minimum Gasteiger partial charge on any atom is -0.338 e. The molecule has 1 N–H and O–H groups in total. The van der Waals surface area contributed by atoms with Crippen LogP contribution in [0.4, 0.5) is 0 Å². The lowest BCUT2D eigenvalue weighted by Crippen LogP contribution is -2.42. The van der Waals surface area contributed by atoms with Crippen molar-refractivity contribution in [2.75, 3.05) is 13.1 Å². The molecule has 0 spiro atoms. The molecule has 6 heteroatoms. The van der Waals surface area contributed by atoms with Crippen molar-refractivity contribution in [2.24, 2.45) is 11.8 Å². The first-order chi connectivity index (χ1) is 10.7. The van der Waals surface area contributed by atoms with E-state index in [1.165, 1.54) is 12.1 Å². The van der Waals surface area contributed by atoms with Gasteiger partial charge in [-0.3, -0.25) is 4.79 Å². The van der Waals surface area contributed by atoms with Crippen molar-refractivity contribution < 1.29 is 13.2 Å². The molecule has 0 saturated carbocycles. The van der Waals surface area contributed by atoms with E-state index in [0.29, 0.717) is 17.4 Å². The number of hydrogen-bond donors (Lipinski definition) is 1. The van der Waals surface area contributed by atoms with Gasteiger partial charge in [-0.15, -0.1) is 0 Å². The third kappa shape index (κ3) is 4.54. The molecule has 128 valence electrons. The summed E-state index contributed by atoms with van der Waals surface area (Å²) in [6.45, 7) is 9.38. The zero-order chi connectivity index (χ0) is 17.2. The number of nitrogens with zero attached hydrogens (tertiary/aromatic N) is 1. The van der Waals surface area contributed by atoms with Gasteiger partial charge in [-0.1, -0.05) is 13.8 Å². The normalized spacial score (nSPS) is 22.4. The summed E-state index contributed by atoms with van der Waals surface area (Å²) in [5.74, 6) is 0.972. The van der Waals surface area contributed by atoms with E-state index in [2.05, 4.69) is 18.6 Å². The van der Waals surface area contributed by atoms with E-state index in [4.69, 9.17) is 0 Å². The summed E-state index contributed by atoms with van der Waals surface area (Å²) in [6, 6.07) is 6.02. The van der Waals surface area contributed by atoms with Gasteiger partial charge in [-0.2, -0.15) is 0 Å². The standard InChI is InChI=1S/C17H26N2O3S/c1-12(2)18-23(21,22)16-7-5-15(6-8-16)17(20)19-10-13(3)9-14(4)11-19/h5-8,12-14,18H,9-11H2,1-4H3. The second kappa shape index (κ2) is 7.01. The van der Waals surface area contributed by atoms with Crippen molar-refractivity contribution in [3.05, 3.63) is 29.8 Å². The van der Waals surface area contributed by atoms with Gasteiger partial charge in [0.25, 0.3) is 5.91 Å². The number of carbonyl (C=O) groups excluding carboxylic acids is 1. The van der Waals surface area contributed by atoms with Crippen molar-refractivity contribution in [3.8, 4) is 0 Å². The average molecular weight is 338 g/mol. The molecule has 1 aliphatic rings. The van der Waals surface area contributed by atoms with E-state index in [9.17, 15) is 13.2 Å². The lowest BCUT2D eigenvalue weighted by Gasteiger charge is -2.35. The molecular formula is C17H26N2O3S. The summed E-state index contributed by atoms with van der Waals surface area (Å²) >= 11 is 0. The molecule has 1 amide bonds. The number of sulfonamides is 1. The van der Waals surface area contributed by atoms with E-state index in [1.54, 1.807) is 26.0 Å². The molecule has 0 aliphatic carbocycles. The lowest BCUT2D eigenvalue weighted by atomic mass is 9.91. The monoisotopic (exact) mass is 338 g/mol. The average Bonchev–Trinajstić information content (AvgIpc) is 2.44. The van der Waals surface area contributed by atoms with Gasteiger partial charge in [0.15, 0.2) is 0 Å². The molecule has 23 heavy (non-hydrogen) atoms. The first-order valence-corrected chi connectivity index (χ1v) is 9.59. The Kier molecular flexibility index (Phi) is 5.47. The number of amides is 1. The molecule has 0 bridgehead atoms. The summed E-state index contributed by atoms with van der Waals surface area (Å²) in [6.07, 6.45) is 1.14. The zero-order valence-electron chi connectivity index (χ0n) is 14.2. The summed E-state index contributed by atoms with van der Waals surface area (Å²) in [5, 5.41) is 0. The molecule has 2 rings (SSSR count). The zero-order valence-corrected chi connectivity index (χ0v) is 15.1. The van der Waals surface area contributed by atoms with E-state index in [0.717, 1.165) is 19.5 Å². The predicted octanol–water partition coefficient (Wildman–Crippen LogP) is 2.49. The molecule has 1 saturated heterocycles. The van der Waals surface area contributed by atoms with E-state index >= 15 is 0 Å². The fraction of sp³-hybridized carbons (Fsp3) is 0.588. The molecule has 0 radical (unpaired) electrons. The van der Waals surface area contributed by atoms with Crippen LogP contribution in [0.3, 0.4) is 0 Å². The van der Waals surface area contributed by atoms with Gasteiger partial charge in [0, 0.05) is 24.7 Å². The Balaban J connectivity index is 2.14.